The van der Waals surface area contributed by atoms with Crippen LogP contribution in [0.1, 0.15) is 33.1 Å². The molecule has 0 spiro atoms. The zero-order valence-corrected chi connectivity index (χ0v) is 13.9. The maximum absolute atomic E-state index is 13.1. The maximum Gasteiger partial charge on any atom is 0.282 e. The lowest BCUT2D eigenvalue weighted by Gasteiger charge is -2.45. The van der Waals surface area contributed by atoms with Crippen molar-refractivity contribution in [1.29, 1.82) is 0 Å². The molecule has 3 saturated heterocycles. The van der Waals surface area contributed by atoms with Gasteiger partial charge in [0.1, 0.15) is 0 Å². The molecule has 3 aliphatic heterocycles. The molecule has 3 atom stereocenters. The van der Waals surface area contributed by atoms with E-state index in [1.165, 1.54) is 6.42 Å². The summed E-state index contributed by atoms with van der Waals surface area (Å²) in [5.41, 5.74) is 0. The molecular formula is C14H27N3O3S. The molecule has 0 saturated carbocycles. The van der Waals surface area contributed by atoms with E-state index in [0.717, 1.165) is 25.9 Å². The van der Waals surface area contributed by atoms with Crippen LogP contribution in [0.25, 0.3) is 0 Å². The molecule has 0 radical (unpaired) electrons. The highest BCUT2D eigenvalue weighted by Crippen LogP contribution is 2.29. The van der Waals surface area contributed by atoms with Crippen LogP contribution in [0.2, 0.25) is 0 Å². The molecule has 3 rings (SSSR count). The van der Waals surface area contributed by atoms with Gasteiger partial charge in [0.15, 0.2) is 0 Å². The molecule has 122 valence electrons. The van der Waals surface area contributed by atoms with Gasteiger partial charge in [-0.3, -0.25) is 4.90 Å². The highest BCUT2D eigenvalue weighted by molar-refractivity contribution is 7.86. The highest BCUT2D eigenvalue weighted by Gasteiger charge is 2.44. The predicted molar refractivity (Wildman–Crippen MR) is 81.3 cm³/mol. The van der Waals surface area contributed by atoms with Crippen molar-refractivity contribution in [3.05, 3.63) is 0 Å². The van der Waals surface area contributed by atoms with Crippen LogP contribution < -0.4 is 0 Å². The molecule has 0 aromatic heterocycles. The summed E-state index contributed by atoms with van der Waals surface area (Å²) in [6, 6.07) is 0.459. The van der Waals surface area contributed by atoms with Gasteiger partial charge in [-0.15, -0.1) is 0 Å². The van der Waals surface area contributed by atoms with Crippen LogP contribution in [0.15, 0.2) is 0 Å². The topological polar surface area (TPSA) is 53.1 Å². The van der Waals surface area contributed by atoms with Crippen molar-refractivity contribution in [2.45, 2.75) is 51.2 Å². The van der Waals surface area contributed by atoms with E-state index in [2.05, 4.69) is 11.8 Å². The number of piperazine rings is 1. The van der Waals surface area contributed by atoms with Crippen LogP contribution in [-0.2, 0) is 14.9 Å². The van der Waals surface area contributed by atoms with E-state index in [4.69, 9.17) is 4.74 Å². The Kier molecular flexibility index (Phi) is 4.57. The second-order valence-electron chi connectivity index (χ2n) is 6.47. The van der Waals surface area contributed by atoms with Gasteiger partial charge < -0.3 is 4.74 Å². The average Bonchev–Trinajstić information content (AvgIpc) is 2.93. The van der Waals surface area contributed by atoms with E-state index < -0.39 is 10.2 Å². The normalized spacial score (nSPS) is 36.8. The van der Waals surface area contributed by atoms with Crippen molar-refractivity contribution in [1.82, 2.24) is 13.5 Å². The summed E-state index contributed by atoms with van der Waals surface area (Å²) in [6.07, 6.45) is 3.20. The van der Waals surface area contributed by atoms with E-state index in [-0.39, 0.29) is 12.1 Å². The van der Waals surface area contributed by atoms with Gasteiger partial charge in [0.2, 0.25) is 0 Å². The fourth-order valence-corrected chi connectivity index (χ4v) is 5.91. The summed E-state index contributed by atoms with van der Waals surface area (Å²) in [5.74, 6) is 0. The fraction of sp³-hybridized carbons (Fsp3) is 1.00. The number of hydrogen-bond acceptors (Lipinski definition) is 4. The number of nitrogens with zero attached hydrogens (tertiary/aromatic N) is 3. The molecular weight excluding hydrogens is 290 g/mol. The van der Waals surface area contributed by atoms with Gasteiger partial charge in [-0.1, -0.05) is 6.92 Å². The van der Waals surface area contributed by atoms with Crippen LogP contribution in [0.3, 0.4) is 0 Å². The molecule has 3 fully saturated rings. The molecule has 0 unspecified atom stereocenters. The number of rotatable bonds is 3. The summed E-state index contributed by atoms with van der Waals surface area (Å²) in [6.45, 7) is 8.18. The van der Waals surface area contributed by atoms with E-state index in [1.54, 1.807) is 8.61 Å². The van der Waals surface area contributed by atoms with Gasteiger partial charge in [-0.05, 0) is 32.7 Å². The standard InChI is InChI=1S/C14H27N3O3S/c1-3-13-9-15-6-4-5-14(15)10-17(13)21(18,19)16-7-8-20-11-12(16)2/h12-14H,3-11H2,1-2H3/t12-,13+,14-/m0/s1. The van der Waals surface area contributed by atoms with Gasteiger partial charge in [-0.2, -0.15) is 17.0 Å². The SMILES string of the molecule is CC[C@@H]1CN2CCC[C@H]2CN1S(=O)(=O)N1CCOC[C@@H]1C. The Morgan fingerprint density at radius 3 is 2.71 bits per heavy atom. The Labute approximate surface area is 128 Å². The van der Waals surface area contributed by atoms with Crippen LogP contribution in [0, 0.1) is 0 Å². The third-order valence-corrected chi connectivity index (χ3v) is 7.29. The molecule has 0 N–H and O–H groups in total. The maximum atomic E-state index is 13.1. The second-order valence-corrected chi connectivity index (χ2v) is 8.30. The van der Waals surface area contributed by atoms with Crippen molar-refractivity contribution < 1.29 is 13.2 Å². The average molecular weight is 317 g/mol. The largest absolute Gasteiger partial charge is 0.378 e. The van der Waals surface area contributed by atoms with Crippen LogP contribution >= 0.6 is 0 Å². The Morgan fingerprint density at radius 2 is 2.00 bits per heavy atom. The van der Waals surface area contributed by atoms with Crippen molar-refractivity contribution in [2.75, 3.05) is 39.4 Å². The molecule has 0 bridgehead atoms. The zero-order valence-electron chi connectivity index (χ0n) is 13.1. The first-order valence-corrected chi connectivity index (χ1v) is 9.54. The Balaban J connectivity index is 1.82. The van der Waals surface area contributed by atoms with Crippen molar-refractivity contribution >= 4 is 10.2 Å². The lowest BCUT2D eigenvalue weighted by Crippen LogP contribution is -2.62. The molecule has 3 aliphatic rings. The zero-order chi connectivity index (χ0) is 15.0. The molecule has 0 amide bonds. The summed E-state index contributed by atoms with van der Waals surface area (Å²) < 4.78 is 35.0. The number of hydrogen-bond donors (Lipinski definition) is 0. The van der Waals surface area contributed by atoms with Gasteiger partial charge in [0.25, 0.3) is 10.2 Å². The summed E-state index contributed by atoms with van der Waals surface area (Å²) in [7, 11) is -3.37. The predicted octanol–water partition coefficient (Wildman–Crippen LogP) is 0.511. The Bertz CT molecular complexity index is 470. The molecule has 7 heteroatoms. The number of ether oxygens (including phenoxy) is 1. The minimum absolute atomic E-state index is 0.0668. The first-order valence-electron chi connectivity index (χ1n) is 8.14. The van der Waals surface area contributed by atoms with Gasteiger partial charge in [0.05, 0.1) is 13.2 Å². The second kappa shape index (κ2) is 6.12. The number of morpholine rings is 1. The Hall–Kier alpha value is -0.210. The summed E-state index contributed by atoms with van der Waals surface area (Å²) in [4.78, 5) is 2.48. The fourth-order valence-electron chi connectivity index (χ4n) is 3.87. The van der Waals surface area contributed by atoms with Gasteiger partial charge in [0, 0.05) is 37.8 Å². The van der Waals surface area contributed by atoms with Crippen molar-refractivity contribution in [3.63, 3.8) is 0 Å². The van der Waals surface area contributed by atoms with Crippen LogP contribution in [0.4, 0.5) is 0 Å². The lowest BCUT2D eigenvalue weighted by molar-refractivity contribution is 0.0310. The van der Waals surface area contributed by atoms with E-state index >= 15 is 0 Å². The van der Waals surface area contributed by atoms with Crippen molar-refractivity contribution in [2.24, 2.45) is 0 Å². The minimum atomic E-state index is -3.37. The first-order chi connectivity index (χ1) is 10.0. The van der Waals surface area contributed by atoms with Crippen LogP contribution in [-0.4, -0.2) is 79.4 Å². The number of fused-ring (bicyclic) bond motifs is 1. The molecule has 21 heavy (non-hydrogen) atoms. The summed E-state index contributed by atoms with van der Waals surface area (Å²) >= 11 is 0. The van der Waals surface area contributed by atoms with E-state index in [1.807, 2.05) is 6.92 Å². The van der Waals surface area contributed by atoms with Gasteiger partial charge in [-0.25, -0.2) is 0 Å². The molecule has 0 aromatic carbocycles. The molecule has 0 aromatic rings. The Morgan fingerprint density at radius 1 is 1.19 bits per heavy atom. The highest BCUT2D eigenvalue weighted by atomic mass is 32.2. The lowest BCUT2D eigenvalue weighted by atomic mass is 10.1. The smallest absolute Gasteiger partial charge is 0.282 e. The third kappa shape index (κ3) is 2.86. The van der Waals surface area contributed by atoms with Crippen LogP contribution in [0.5, 0.6) is 0 Å². The summed E-state index contributed by atoms with van der Waals surface area (Å²) in [5, 5.41) is 0. The molecule has 3 heterocycles. The van der Waals surface area contributed by atoms with E-state index in [9.17, 15) is 8.42 Å². The minimum Gasteiger partial charge on any atom is -0.378 e. The third-order valence-electron chi connectivity index (χ3n) is 5.11. The van der Waals surface area contributed by atoms with Crippen molar-refractivity contribution in [3.8, 4) is 0 Å². The first kappa shape index (κ1) is 15.7. The quantitative estimate of drug-likeness (QED) is 0.761. The van der Waals surface area contributed by atoms with Gasteiger partial charge >= 0.3 is 0 Å². The van der Waals surface area contributed by atoms with E-state index in [0.29, 0.717) is 32.3 Å². The molecule has 0 aliphatic carbocycles. The monoisotopic (exact) mass is 317 g/mol. The molecule has 6 nitrogen and oxygen atoms in total.